The van der Waals surface area contributed by atoms with Gasteiger partial charge in [-0.15, -0.1) is 11.3 Å². The Morgan fingerprint density at radius 2 is 2.18 bits per heavy atom. The van der Waals surface area contributed by atoms with Gasteiger partial charge in [0.25, 0.3) is 0 Å². The normalized spacial score (nSPS) is 10.8. The summed E-state index contributed by atoms with van der Waals surface area (Å²) in [5, 5.41) is 2.91. The van der Waals surface area contributed by atoms with Crippen molar-refractivity contribution >= 4 is 11.3 Å². The highest BCUT2D eigenvalue weighted by atomic mass is 32.1. The molecule has 0 spiro atoms. The lowest BCUT2D eigenvalue weighted by Gasteiger charge is -2.04. The van der Waals surface area contributed by atoms with E-state index in [2.05, 4.69) is 24.5 Å². The number of nitrogens with one attached hydrogen (secondary N) is 1. The molecule has 86 valence electrons. The zero-order chi connectivity index (χ0) is 11.5. The third-order valence-corrected chi connectivity index (χ3v) is 3.25. The minimum absolute atomic E-state index is 0.850. The molecule has 0 atom stereocenters. The van der Waals surface area contributed by atoms with Crippen molar-refractivity contribution in [2.24, 2.45) is 0 Å². The van der Waals surface area contributed by atoms with Crippen molar-refractivity contribution in [2.75, 3.05) is 0 Å². The smallest absolute Gasteiger partial charge is 0.169 e. The largest absolute Gasteiger partial charge is 0.349 e. The summed E-state index contributed by atoms with van der Waals surface area (Å²) in [5.74, 6) is 1.91. The molecular formula is C11H11N5S. The van der Waals surface area contributed by atoms with E-state index in [9.17, 15) is 0 Å². The number of hydrogen-bond donors (Lipinski definition) is 1. The van der Waals surface area contributed by atoms with Crippen LogP contribution in [0, 0.1) is 0 Å². The van der Waals surface area contributed by atoms with Gasteiger partial charge < -0.3 is 9.55 Å². The maximum absolute atomic E-state index is 4.34. The second-order valence-corrected chi connectivity index (χ2v) is 4.46. The lowest BCUT2D eigenvalue weighted by atomic mass is 10.4. The highest BCUT2D eigenvalue weighted by Crippen LogP contribution is 2.19. The standard InChI is InChI=1S/C11H11N5S/c1(9-12-2-3-13-9)6-16-7-4-14-10(16)11-15-5-8-17-11/h2-5,7-8H,1,6H2,(H,12,13). The molecule has 0 saturated carbocycles. The van der Waals surface area contributed by atoms with E-state index in [1.807, 2.05) is 17.8 Å². The number of thiazole rings is 1. The van der Waals surface area contributed by atoms with Gasteiger partial charge in [-0.25, -0.2) is 15.0 Å². The number of aromatic amines is 1. The molecule has 5 nitrogen and oxygen atoms in total. The molecule has 17 heavy (non-hydrogen) atoms. The van der Waals surface area contributed by atoms with Gasteiger partial charge in [-0.3, -0.25) is 0 Å². The lowest BCUT2D eigenvalue weighted by molar-refractivity contribution is 0.682. The zero-order valence-electron chi connectivity index (χ0n) is 9.08. The first-order valence-electron chi connectivity index (χ1n) is 5.33. The van der Waals surface area contributed by atoms with Crippen LogP contribution < -0.4 is 0 Å². The first kappa shape index (κ1) is 10.2. The molecular weight excluding hydrogens is 234 g/mol. The maximum atomic E-state index is 4.34. The van der Waals surface area contributed by atoms with E-state index in [0.29, 0.717) is 0 Å². The monoisotopic (exact) mass is 245 g/mol. The van der Waals surface area contributed by atoms with Crippen LogP contribution in [-0.4, -0.2) is 24.5 Å². The van der Waals surface area contributed by atoms with Crippen molar-refractivity contribution in [1.82, 2.24) is 24.5 Å². The average molecular weight is 245 g/mol. The number of hydrogen-bond acceptors (Lipinski definition) is 4. The number of imidazole rings is 2. The predicted octanol–water partition coefficient (Wildman–Crippen LogP) is 1.97. The summed E-state index contributed by atoms with van der Waals surface area (Å²) in [4.78, 5) is 15.9. The molecule has 6 heteroatoms. The van der Waals surface area contributed by atoms with Gasteiger partial charge in [-0.2, -0.15) is 0 Å². The SMILES string of the molecule is c1c[nH]c(CCn2ccnc2-c2nccs2)n1. The Balaban J connectivity index is 1.78. The van der Waals surface area contributed by atoms with Crippen LogP contribution >= 0.6 is 11.3 Å². The predicted molar refractivity (Wildman–Crippen MR) is 65.6 cm³/mol. The number of aromatic nitrogens is 5. The summed E-state index contributed by atoms with van der Waals surface area (Å²) in [6.45, 7) is 0.850. The Bertz CT molecular complexity index is 567. The van der Waals surface area contributed by atoms with E-state index in [1.165, 1.54) is 0 Å². The summed E-state index contributed by atoms with van der Waals surface area (Å²) in [7, 11) is 0. The number of rotatable bonds is 4. The third-order valence-electron chi connectivity index (χ3n) is 2.48. The average Bonchev–Trinajstić information content (AvgIpc) is 3.09. The molecule has 1 N–H and O–H groups in total. The van der Waals surface area contributed by atoms with Crippen LogP contribution in [0.15, 0.2) is 36.4 Å². The molecule has 0 radical (unpaired) electrons. The van der Waals surface area contributed by atoms with Crippen LogP contribution in [0.25, 0.3) is 10.8 Å². The molecule has 0 saturated heterocycles. The number of nitrogens with zero attached hydrogens (tertiary/aromatic N) is 4. The lowest BCUT2D eigenvalue weighted by Crippen LogP contribution is -2.03. The summed E-state index contributed by atoms with van der Waals surface area (Å²) in [6, 6.07) is 0. The second-order valence-electron chi connectivity index (χ2n) is 3.57. The van der Waals surface area contributed by atoms with Crippen molar-refractivity contribution in [3.63, 3.8) is 0 Å². The van der Waals surface area contributed by atoms with Crippen LogP contribution in [0.1, 0.15) is 5.82 Å². The molecule has 0 aliphatic carbocycles. The Morgan fingerprint density at radius 1 is 1.18 bits per heavy atom. The summed E-state index contributed by atoms with van der Waals surface area (Å²) in [6.07, 6.45) is 10.0. The Labute approximate surface area is 102 Å². The van der Waals surface area contributed by atoms with Crippen molar-refractivity contribution in [1.29, 1.82) is 0 Å². The summed E-state index contributed by atoms with van der Waals surface area (Å²) in [5.41, 5.74) is 0. The zero-order valence-corrected chi connectivity index (χ0v) is 9.89. The minimum atomic E-state index is 0.850. The van der Waals surface area contributed by atoms with Crippen LogP contribution in [0.5, 0.6) is 0 Å². The molecule has 0 amide bonds. The van der Waals surface area contributed by atoms with Gasteiger partial charge in [-0.1, -0.05) is 0 Å². The number of aryl methyl sites for hydroxylation is 2. The van der Waals surface area contributed by atoms with Gasteiger partial charge in [0.15, 0.2) is 10.8 Å². The highest BCUT2D eigenvalue weighted by Gasteiger charge is 2.08. The molecule has 3 aromatic heterocycles. The molecule has 3 rings (SSSR count). The molecule has 0 unspecified atom stereocenters. The maximum Gasteiger partial charge on any atom is 0.169 e. The molecule has 0 aliphatic rings. The summed E-state index contributed by atoms with van der Waals surface area (Å²) >= 11 is 1.60. The fourth-order valence-electron chi connectivity index (χ4n) is 1.68. The first-order chi connectivity index (χ1) is 8.43. The van der Waals surface area contributed by atoms with Gasteiger partial charge >= 0.3 is 0 Å². The first-order valence-corrected chi connectivity index (χ1v) is 6.21. The van der Waals surface area contributed by atoms with Crippen molar-refractivity contribution in [3.05, 3.63) is 42.2 Å². The van der Waals surface area contributed by atoms with E-state index >= 15 is 0 Å². The number of H-pyrrole nitrogens is 1. The van der Waals surface area contributed by atoms with Gasteiger partial charge in [0.1, 0.15) is 5.82 Å². The molecule has 0 aromatic carbocycles. The van der Waals surface area contributed by atoms with Crippen LogP contribution in [0.4, 0.5) is 0 Å². The third kappa shape index (κ3) is 2.12. The van der Waals surface area contributed by atoms with Gasteiger partial charge in [-0.05, 0) is 0 Å². The molecule has 0 fully saturated rings. The van der Waals surface area contributed by atoms with E-state index in [1.54, 1.807) is 29.9 Å². The van der Waals surface area contributed by atoms with Gasteiger partial charge in [0.05, 0.1) is 0 Å². The topological polar surface area (TPSA) is 59.4 Å². The second kappa shape index (κ2) is 4.50. The molecule has 3 aromatic rings. The van der Waals surface area contributed by atoms with E-state index in [4.69, 9.17) is 0 Å². The van der Waals surface area contributed by atoms with Crippen LogP contribution in [0.3, 0.4) is 0 Å². The molecule has 3 heterocycles. The van der Waals surface area contributed by atoms with Gasteiger partial charge in [0, 0.05) is 49.3 Å². The fraction of sp³-hybridized carbons (Fsp3) is 0.182. The van der Waals surface area contributed by atoms with E-state index in [0.717, 1.165) is 29.6 Å². The highest BCUT2D eigenvalue weighted by molar-refractivity contribution is 7.13. The van der Waals surface area contributed by atoms with Crippen molar-refractivity contribution in [3.8, 4) is 10.8 Å². The van der Waals surface area contributed by atoms with E-state index in [-0.39, 0.29) is 0 Å². The van der Waals surface area contributed by atoms with E-state index < -0.39 is 0 Å². The van der Waals surface area contributed by atoms with Crippen LogP contribution in [-0.2, 0) is 13.0 Å². The fourth-order valence-corrected chi connectivity index (χ4v) is 2.33. The molecule has 0 bridgehead atoms. The Hall–Kier alpha value is -1.95. The Morgan fingerprint density at radius 3 is 2.94 bits per heavy atom. The van der Waals surface area contributed by atoms with Gasteiger partial charge in [0.2, 0.25) is 0 Å². The summed E-state index contributed by atoms with van der Waals surface area (Å²) < 4.78 is 2.10. The van der Waals surface area contributed by atoms with Crippen molar-refractivity contribution < 1.29 is 0 Å². The molecule has 0 aliphatic heterocycles. The minimum Gasteiger partial charge on any atom is -0.349 e. The quantitative estimate of drug-likeness (QED) is 0.764. The van der Waals surface area contributed by atoms with Crippen LogP contribution in [0.2, 0.25) is 0 Å². The Kier molecular flexibility index (Phi) is 2.71. The van der Waals surface area contributed by atoms with Crippen molar-refractivity contribution in [2.45, 2.75) is 13.0 Å².